The summed E-state index contributed by atoms with van der Waals surface area (Å²) in [5, 5.41) is 7.37. The summed E-state index contributed by atoms with van der Waals surface area (Å²) in [6.07, 6.45) is 2.51. The van der Waals surface area contributed by atoms with Crippen molar-refractivity contribution in [2.75, 3.05) is 6.61 Å². The van der Waals surface area contributed by atoms with Gasteiger partial charge in [0, 0.05) is 13.2 Å². The molecular formula is C16H21N3O3. The van der Waals surface area contributed by atoms with Crippen molar-refractivity contribution >= 4 is 5.91 Å². The Kier molecular flexibility index (Phi) is 3.56. The number of furan rings is 1. The van der Waals surface area contributed by atoms with Crippen molar-refractivity contribution in [1.29, 1.82) is 0 Å². The molecule has 6 heteroatoms. The topological polar surface area (TPSA) is 69.3 Å². The van der Waals surface area contributed by atoms with Gasteiger partial charge < -0.3 is 14.5 Å². The van der Waals surface area contributed by atoms with Crippen LogP contribution in [0.25, 0.3) is 11.5 Å². The normalized spacial score (nSPS) is 20.3. The molecule has 2 aromatic rings. The third-order valence-corrected chi connectivity index (χ3v) is 3.80. The first-order chi connectivity index (χ1) is 10.3. The molecule has 1 aliphatic rings. The van der Waals surface area contributed by atoms with Gasteiger partial charge in [0.1, 0.15) is 11.5 Å². The highest BCUT2D eigenvalue weighted by Gasteiger charge is 2.33. The molecule has 0 spiro atoms. The number of amides is 1. The van der Waals surface area contributed by atoms with Crippen LogP contribution in [0, 0.1) is 6.92 Å². The van der Waals surface area contributed by atoms with Gasteiger partial charge in [-0.1, -0.05) is 0 Å². The van der Waals surface area contributed by atoms with Gasteiger partial charge in [0.15, 0.2) is 5.76 Å². The van der Waals surface area contributed by atoms with E-state index in [0.29, 0.717) is 23.6 Å². The van der Waals surface area contributed by atoms with Crippen LogP contribution in [0.4, 0.5) is 0 Å². The zero-order valence-electron chi connectivity index (χ0n) is 13.3. The van der Waals surface area contributed by atoms with Gasteiger partial charge in [-0.2, -0.15) is 5.10 Å². The maximum Gasteiger partial charge on any atom is 0.255 e. The number of aromatic nitrogens is 2. The van der Waals surface area contributed by atoms with Crippen molar-refractivity contribution in [3.05, 3.63) is 29.7 Å². The molecule has 1 aliphatic heterocycles. The zero-order valence-corrected chi connectivity index (χ0v) is 13.3. The lowest BCUT2D eigenvalue weighted by atomic mass is 10.0. The Balaban J connectivity index is 1.81. The molecule has 0 radical (unpaired) electrons. The van der Waals surface area contributed by atoms with E-state index in [1.165, 1.54) is 0 Å². The number of ether oxygens (including phenoxy) is 1. The number of carbonyl (C=O) groups is 1. The third kappa shape index (κ3) is 2.92. The second-order valence-electron chi connectivity index (χ2n) is 6.42. The fourth-order valence-corrected chi connectivity index (χ4v) is 2.79. The number of nitrogens with zero attached hydrogens (tertiary/aromatic N) is 2. The van der Waals surface area contributed by atoms with Crippen molar-refractivity contribution in [2.24, 2.45) is 7.05 Å². The molecule has 0 aromatic carbocycles. The number of carbonyl (C=O) groups excluding carboxylic acids is 1. The minimum Gasteiger partial charge on any atom is -0.460 e. The second-order valence-corrected chi connectivity index (χ2v) is 6.42. The average Bonchev–Trinajstić information content (AvgIpc) is 3.09. The van der Waals surface area contributed by atoms with Gasteiger partial charge in [0.05, 0.1) is 23.8 Å². The standard InChI is InChI=1S/C16H21N3O3/c1-10-5-6-13(22-10)14-12(8-19(4)18-14)15(20)17-11-7-16(2,3)21-9-11/h5-6,8,11H,7,9H2,1-4H3,(H,17,20)/t11-/m0/s1. The molecule has 1 N–H and O–H groups in total. The number of hydrogen-bond acceptors (Lipinski definition) is 4. The number of hydrogen-bond donors (Lipinski definition) is 1. The fraction of sp³-hybridized carbons (Fsp3) is 0.500. The lowest BCUT2D eigenvalue weighted by Crippen LogP contribution is -2.35. The second kappa shape index (κ2) is 5.28. The monoisotopic (exact) mass is 303 g/mol. The molecule has 1 amide bonds. The quantitative estimate of drug-likeness (QED) is 0.944. The summed E-state index contributed by atoms with van der Waals surface area (Å²) in [5.74, 6) is 1.24. The molecule has 3 heterocycles. The Labute approximate surface area is 129 Å². The first kappa shape index (κ1) is 14.8. The molecular weight excluding hydrogens is 282 g/mol. The average molecular weight is 303 g/mol. The number of aryl methyl sites for hydroxylation is 2. The molecule has 1 saturated heterocycles. The summed E-state index contributed by atoms with van der Waals surface area (Å²) in [4.78, 5) is 12.6. The lowest BCUT2D eigenvalue weighted by Gasteiger charge is -2.16. The molecule has 22 heavy (non-hydrogen) atoms. The van der Waals surface area contributed by atoms with Crippen molar-refractivity contribution < 1.29 is 13.9 Å². The van der Waals surface area contributed by atoms with Crippen molar-refractivity contribution in [1.82, 2.24) is 15.1 Å². The highest BCUT2D eigenvalue weighted by molar-refractivity contribution is 5.99. The summed E-state index contributed by atoms with van der Waals surface area (Å²) < 4.78 is 12.9. The van der Waals surface area contributed by atoms with E-state index in [1.807, 2.05) is 32.9 Å². The van der Waals surface area contributed by atoms with E-state index in [2.05, 4.69) is 10.4 Å². The maximum atomic E-state index is 12.6. The highest BCUT2D eigenvalue weighted by Crippen LogP contribution is 2.26. The number of rotatable bonds is 3. The molecule has 0 saturated carbocycles. The van der Waals surface area contributed by atoms with E-state index < -0.39 is 0 Å². The van der Waals surface area contributed by atoms with Crippen LogP contribution in [-0.2, 0) is 11.8 Å². The number of nitrogens with one attached hydrogen (secondary N) is 1. The largest absolute Gasteiger partial charge is 0.460 e. The van der Waals surface area contributed by atoms with Crippen molar-refractivity contribution in [2.45, 2.75) is 38.8 Å². The van der Waals surface area contributed by atoms with Crippen LogP contribution in [0.5, 0.6) is 0 Å². The van der Waals surface area contributed by atoms with Gasteiger partial charge in [-0.3, -0.25) is 9.48 Å². The van der Waals surface area contributed by atoms with Crippen LogP contribution < -0.4 is 5.32 Å². The van der Waals surface area contributed by atoms with Gasteiger partial charge in [-0.05, 0) is 39.3 Å². The van der Waals surface area contributed by atoms with Crippen LogP contribution in [-0.4, -0.2) is 33.9 Å². The molecule has 0 unspecified atom stereocenters. The summed E-state index contributed by atoms with van der Waals surface area (Å²) in [6, 6.07) is 3.71. The van der Waals surface area contributed by atoms with Gasteiger partial charge in [-0.15, -0.1) is 0 Å². The van der Waals surface area contributed by atoms with E-state index in [-0.39, 0.29) is 17.6 Å². The van der Waals surface area contributed by atoms with E-state index in [4.69, 9.17) is 9.15 Å². The van der Waals surface area contributed by atoms with Crippen LogP contribution >= 0.6 is 0 Å². The predicted molar refractivity (Wildman–Crippen MR) is 81.5 cm³/mol. The minimum atomic E-state index is -0.187. The minimum absolute atomic E-state index is 0.0221. The summed E-state index contributed by atoms with van der Waals surface area (Å²) >= 11 is 0. The highest BCUT2D eigenvalue weighted by atomic mass is 16.5. The molecule has 0 aliphatic carbocycles. The van der Waals surface area contributed by atoms with Crippen LogP contribution in [0.15, 0.2) is 22.7 Å². The lowest BCUT2D eigenvalue weighted by molar-refractivity contribution is 0.0355. The van der Waals surface area contributed by atoms with Gasteiger partial charge >= 0.3 is 0 Å². The first-order valence-corrected chi connectivity index (χ1v) is 7.39. The van der Waals surface area contributed by atoms with Crippen LogP contribution in [0.3, 0.4) is 0 Å². The molecule has 1 atom stereocenters. The van der Waals surface area contributed by atoms with Crippen molar-refractivity contribution in [3.8, 4) is 11.5 Å². The summed E-state index contributed by atoms with van der Waals surface area (Å²) in [7, 11) is 1.79. The zero-order chi connectivity index (χ0) is 15.9. The molecule has 0 bridgehead atoms. The van der Waals surface area contributed by atoms with Gasteiger partial charge in [-0.25, -0.2) is 0 Å². The third-order valence-electron chi connectivity index (χ3n) is 3.80. The Morgan fingerprint density at radius 1 is 1.45 bits per heavy atom. The van der Waals surface area contributed by atoms with Crippen LogP contribution in [0.1, 0.15) is 36.4 Å². The molecule has 3 rings (SSSR count). The van der Waals surface area contributed by atoms with Crippen LogP contribution in [0.2, 0.25) is 0 Å². The Morgan fingerprint density at radius 3 is 2.82 bits per heavy atom. The maximum absolute atomic E-state index is 12.6. The molecule has 1 fully saturated rings. The van der Waals surface area contributed by atoms with E-state index in [0.717, 1.165) is 12.2 Å². The fourth-order valence-electron chi connectivity index (χ4n) is 2.79. The smallest absolute Gasteiger partial charge is 0.255 e. The van der Waals surface area contributed by atoms with E-state index >= 15 is 0 Å². The van der Waals surface area contributed by atoms with Crippen molar-refractivity contribution in [3.63, 3.8) is 0 Å². The first-order valence-electron chi connectivity index (χ1n) is 7.39. The molecule has 6 nitrogen and oxygen atoms in total. The summed E-state index contributed by atoms with van der Waals surface area (Å²) in [5.41, 5.74) is 0.890. The molecule has 118 valence electrons. The Hall–Kier alpha value is -2.08. The molecule has 2 aromatic heterocycles. The Bertz CT molecular complexity index is 699. The summed E-state index contributed by atoms with van der Waals surface area (Å²) in [6.45, 7) is 6.46. The van der Waals surface area contributed by atoms with E-state index in [1.54, 1.807) is 17.9 Å². The predicted octanol–water partition coefficient (Wildman–Crippen LogP) is 2.29. The Morgan fingerprint density at radius 2 is 2.23 bits per heavy atom. The van der Waals surface area contributed by atoms with E-state index in [9.17, 15) is 4.79 Å². The van der Waals surface area contributed by atoms with Gasteiger partial charge in [0.25, 0.3) is 5.91 Å². The van der Waals surface area contributed by atoms with Gasteiger partial charge in [0.2, 0.25) is 0 Å². The SMILES string of the molecule is Cc1ccc(-c2nn(C)cc2C(=O)N[C@@H]2COC(C)(C)C2)o1.